The number of carboxylic acids is 1. The minimum absolute atomic E-state index is 0.0131. The van der Waals surface area contributed by atoms with Gasteiger partial charge in [0, 0.05) is 13.0 Å². The molecule has 0 heterocycles. The number of hydrogen-bond donors (Lipinski definition) is 2. The molecule has 1 amide bonds. The van der Waals surface area contributed by atoms with E-state index in [4.69, 9.17) is 5.11 Å². The Balaban J connectivity index is 2.93. The number of aliphatic carboxylic acids is 1. The number of anilines is 1. The number of nitrogens with zero attached hydrogens (tertiary/aromatic N) is 1. The second-order valence-corrected chi connectivity index (χ2v) is 5.02. The minimum atomic E-state index is -0.971. The summed E-state index contributed by atoms with van der Waals surface area (Å²) in [6, 6.07) is 6.54. The van der Waals surface area contributed by atoms with E-state index in [-0.39, 0.29) is 24.0 Å². The van der Waals surface area contributed by atoms with Crippen molar-refractivity contribution < 1.29 is 19.8 Å². The molecule has 1 atom stereocenters. The van der Waals surface area contributed by atoms with Gasteiger partial charge in [-0.15, -0.1) is 0 Å². The average molecular weight is 279 g/mol. The van der Waals surface area contributed by atoms with Gasteiger partial charge in [0.25, 0.3) is 0 Å². The Bertz CT molecular complexity index is 485. The number of benzene rings is 1. The van der Waals surface area contributed by atoms with Crippen LogP contribution in [0.5, 0.6) is 5.75 Å². The molecule has 1 unspecified atom stereocenters. The summed E-state index contributed by atoms with van der Waals surface area (Å²) in [5, 5.41) is 19.0. The van der Waals surface area contributed by atoms with Crippen LogP contribution in [0.4, 0.5) is 5.69 Å². The summed E-state index contributed by atoms with van der Waals surface area (Å²) >= 11 is 0. The van der Waals surface area contributed by atoms with Crippen LogP contribution < -0.4 is 4.90 Å². The maximum Gasteiger partial charge on any atom is 0.307 e. The summed E-state index contributed by atoms with van der Waals surface area (Å²) in [5.74, 6) is -2.10. The second-order valence-electron chi connectivity index (χ2n) is 5.02. The van der Waals surface area contributed by atoms with Crippen molar-refractivity contribution in [2.75, 3.05) is 11.4 Å². The Hall–Kier alpha value is -2.04. The van der Waals surface area contributed by atoms with Crippen LogP contribution in [0.3, 0.4) is 0 Å². The number of carbonyl (C=O) groups is 2. The van der Waals surface area contributed by atoms with E-state index in [9.17, 15) is 14.7 Å². The zero-order valence-electron chi connectivity index (χ0n) is 12.0. The summed E-state index contributed by atoms with van der Waals surface area (Å²) < 4.78 is 0. The molecule has 0 fully saturated rings. The van der Waals surface area contributed by atoms with Gasteiger partial charge >= 0.3 is 5.97 Å². The molecule has 0 saturated heterocycles. The fourth-order valence-corrected chi connectivity index (χ4v) is 2.08. The van der Waals surface area contributed by atoms with Crippen LogP contribution in [-0.2, 0) is 9.59 Å². The Labute approximate surface area is 118 Å². The number of aromatic hydroxyl groups is 1. The smallest absolute Gasteiger partial charge is 0.307 e. The highest BCUT2D eigenvalue weighted by Gasteiger charge is 2.27. The molecular weight excluding hydrogens is 258 g/mol. The molecule has 0 aliphatic heterocycles. The van der Waals surface area contributed by atoms with E-state index in [1.54, 1.807) is 39.0 Å². The highest BCUT2D eigenvalue weighted by Crippen LogP contribution is 2.28. The molecule has 0 aliphatic carbocycles. The first kappa shape index (κ1) is 16.0. The van der Waals surface area contributed by atoms with Crippen molar-refractivity contribution in [3.05, 3.63) is 24.3 Å². The molecule has 0 aliphatic rings. The Morgan fingerprint density at radius 3 is 2.30 bits per heavy atom. The molecule has 5 heteroatoms. The number of phenols is 1. The predicted molar refractivity (Wildman–Crippen MR) is 76.7 cm³/mol. The van der Waals surface area contributed by atoms with Crippen LogP contribution in [0.15, 0.2) is 24.3 Å². The van der Waals surface area contributed by atoms with Crippen LogP contribution in [0.2, 0.25) is 0 Å². The van der Waals surface area contributed by atoms with Gasteiger partial charge in [0.05, 0.1) is 11.6 Å². The monoisotopic (exact) mass is 279 g/mol. The largest absolute Gasteiger partial charge is 0.506 e. The van der Waals surface area contributed by atoms with E-state index in [0.717, 1.165) is 0 Å². The number of hydrogen-bond acceptors (Lipinski definition) is 3. The van der Waals surface area contributed by atoms with Crippen molar-refractivity contribution in [1.29, 1.82) is 0 Å². The highest BCUT2D eigenvalue weighted by molar-refractivity contribution is 5.96. The zero-order chi connectivity index (χ0) is 15.3. The van der Waals surface area contributed by atoms with Gasteiger partial charge in [-0.1, -0.05) is 26.0 Å². The second kappa shape index (κ2) is 6.93. The molecule has 1 rings (SSSR count). The number of carboxylic acid groups (broad SMARTS) is 1. The van der Waals surface area contributed by atoms with Crippen molar-refractivity contribution in [3.63, 3.8) is 0 Å². The molecule has 20 heavy (non-hydrogen) atoms. The quantitative estimate of drug-likeness (QED) is 0.838. The predicted octanol–water partition coefficient (Wildman–Crippen LogP) is 2.49. The van der Waals surface area contributed by atoms with E-state index in [1.807, 2.05) is 0 Å². The maximum atomic E-state index is 12.3. The molecule has 2 N–H and O–H groups in total. The normalized spacial score (nSPS) is 12.2. The molecule has 0 bridgehead atoms. The molecule has 110 valence electrons. The number of rotatable bonds is 6. The molecule has 0 spiro atoms. The van der Waals surface area contributed by atoms with E-state index < -0.39 is 11.9 Å². The van der Waals surface area contributed by atoms with Gasteiger partial charge in [-0.05, 0) is 25.0 Å². The van der Waals surface area contributed by atoms with Gasteiger partial charge in [0.15, 0.2) is 0 Å². The number of para-hydroxylation sites is 2. The summed E-state index contributed by atoms with van der Waals surface area (Å²) in [4.78, 5) is 24.9. The standard InChI is InChI=1S/C15H21NO4/c1-4-16(12-7-5-6-8-13(12)17)14(18)9-11(10(2)3)15(19)20/h5-8,10-11,17H,4,9H2,1-3H3,(H,19,20). The summed E-state index contributed by atoms with van der Waals surface area (Å²) in [6.45, 7) is 5.72. The third-order valence-electron chi connectivity index (χ3n) is 3.31. The van der Waals surface area contributed by atoms with Crippen LogP contribution in [0.25, 0.3) is 0 Å². The summed E-state index contributed by atoms with van der Waals surface area (Å²) in [7, 11) is 0. The SMILES string of the molecule is CCN(C(=O)CC(C(=O)O)C(C)C)c1ccccc1O. The van der Waals surface area contributed by atoms with Crippen molar-refractivity contribution in [2.45, 2.75) is 27.2 Å². The topological polar surface area (TPSA) is 77.8 Å². The third-order valence-corrected chi connectivity index (χ3v) is 3.31. The Morgan fingerprint density at radius 1 is 1.25 bits per heavy atom. The fraction of sp³-hybridized carbons (Fsp3) is 0.467. The average Bonchev–Trinajstić information content (AvgIpc) is 2.38. The zero-order valence-corrected chi connectivity index (χ0v) is 12.0. The number of carbonyl (C=O) groups excluding carboxylic acids is 1. The molecule has 5 nitrogen and oxygen atoms in total. The van der Waals surface area contributed by atoms with Crippen LogP contribution >= 0.6 is 0 Å². The van der Waals surface area contributed by atoms with E-state index in [2.05, 4.69) is 0 Å². The first-order chi connectivity index (χ1) is 9.38. The summed E-state index contributed by atoms with van der Waals surface area (Å²) in [6.07, 6.45) is -0.0742. The minimum Gasteiger partial charge on any atom is -0.506 e. The molecule has 1 aromatic rings. The first-order valence-electron chi connectivity index (χ1n) is 6.69. The van der Waals surface area contributed by atoms with E-state index in [0.29, 0.717) is 12.2 Å². The Kier molecular flexibility index (Phi) is 5.55. The summed E-state index contributed by atoms with van der Waals surface area (Å²) in [5.41, 5.74) is 0.410. The van der Waals surface area contributed by atoms with Crippen molar-refractivity contribution in [3.8, 4) is 5.75 Å². The molecular formula is C15H21NO4. The van der Waals surface area contributed by atoms with Crippen LogP contribution in [-0.4, -0.2) is 28.6 Å². The maximum absolute atomic E-state index is 12.3. The fourth-order valence-electron chi connectivity index (χ4n) is 2.08. The molecule has 1 aromatic carbocycles. The number of amides is 1. The molecule has 0 aromatic heterocycles. The van der Waals surface area contributed by atoms with Crippen molar-refractivity contribution >= 4 is 17.6 Å². The van der Waals surface area contributed by atoms with Crippen LogP contribution in [0, 0.1) is 11.8 Å². The third kappa shape index (κ3) is 3.73. The lowest BCUT2D eigenvalue weighted by molar-refractivity contribution is -0.145. The lowest BCUT2D eigenvalue weighted by Crippen LogP contribution is -2.35. The van der Waals surface area contributed by atoms with Gasteiger partial charge in [-0.3, -0.25) is 9.59 Å². The van der Waals surface area contributed by atoms with Gasteiger partial charge in [0.1, 0.15) is 5.75 Å². The van der Waals surface area contributed by atoms with Gasteiger partial charge in [0.2, 0.25) is 5.91 Å². The van der Waals surface area contributed by atoms with Gasteiger partial charge in [-0.2, -0.15) is 0 Å². The van der Waals surface area contributed by atoms with E-state index in [1.165, 1.54) is 11.0 Å². The van der Waals surface area contributed by atoms with Gasteiger partial charge < -0.3 is 15.1 Å². The first-order valence-corrected chi connectivity index (χ1v) is 6.69. The van der Waals surface area contributed by atoms with Gasteiger partial charge in [-0.25, -0.2) is 0 Å². The van der Waals surface area contributed by atoms with E-state index >= 15 is 0 Å². The lowest BCUT2D eigenvalue weighted by Gasteiger charge is -2.24. The molecule has 0 radical (unpaired) electrons. The van der Waals surface area contributed by atoms with Crippen molar-refractivity contribution in [2.24, 2.45) is 11.8 Å². The lowest BCUT2D eigenvalue weighted by atomic mass is 9.92. The van der Waals surface area contributed by atoms with Crippen LogP contribution in [0.1, 0.15) is 27.2 Å². The molecule has 0 saturated carbocycles. The highest BCUT2D eigenvalue weighted by atomic mass is 16.4. The Morgan fingerprint density at radius 2 is 1.85 bits per heavy atom. The van der Waals surface area contributed by atoms with Crippen molar-refractivity contribution in [1.82, 2.24) is 0 Å². The number of phenolic OH excluding ortho intramolecular Hbond substituents is 1.